The fraction of sp³-hybridized carbons (Fsp3) is 0.600. The van der Waals surface area contributed by atoms with Crippen molar-refractivity contribution < 1.29 is 9.47 Å². The minimum Gasteiger partial charge on any atom is -0.491 e. The lowest BCUT2D eigenvalue weighted by Gasteiger charge is -2.14. The molecular formula is C15H23BrO2. The highest BCUT2D eigenvalue weighted by Crippen LogP contribution is 2.29. The maximum absolute atomic E-state index is 5.79. The van der Waals surface area contributed by atoms with Crippen LogP contribution < -0.4 is 4.74 Å². The lowest BCUT2D eigenvalue weighted by molar-refractivity contribution is 0.0976. The van der Waals surface area contributed by atoms with Crippen LogP contribution in [0.3, 0.4) is 0 Å². The van der Waals surface area contributed by atoms with E-state index in [0.29, 0.717) is 19.1 Å². The fourth-order valence-electron chi connectivity index (χ4n) is 1.66. The summed E-state index contributed by atoms with van der Waals surface area (Å²) in [6.45, 7) is 8.62. The maximum atomic E-state index is 5.79. The Hall–Kier alpha value is -0.540. The molecule has 0 aliphatic rings. The first-order chi connectivity index (χ1) is 8.65. The Labute approximate surface area is 119 Å². The third-order valence-electron chi connectivity index (χ3n) is 2.72. The van der Waals surface area contributed by atoms with Crippen LogP contribution in [0.25, 0.3) is 0 Å². The van der Waals surface area contributed by atoms with Gasteiger partial charge in [-0.25, -0.2) is 0 Å². The zero-order chi connectivity index (χ0) is 13.4. The molecule has 0 aliphatic heterocycles. The topological polar surface area (TPSA) is 18.5 Å². The van der Waals surface area contributed by atoms with Crippen LogP contribution in [0.5, 0.6) is 5.75 Å². The Morgan fingerprint density at radius 1 is 1.17 bits per heavy atom. The average molecular weight is 315 g/mol. The molecule has 0 bridgehead atoms. The van der Waals surface area contributed by atoms with E-state index in [0.717, 1.165) is 23.2 Å². The number of rotatable bonds is 8. The van der Waals surface area contributed by atoms with Gasteiger partial charge in [-0.3, -0.25) is 0 Å². The van der Waals surface area contributed by atoms with E-state index >= 15 is 0 Å². The second-order valence-corrected chi connectivity index (χ2v) is 5.57. The van der Waals surface area contributed by atoms with E-state index in [-0.39, 0.29) is 0 Å². The van der Waals surface area contributed by atoms with Crippen LogP contribution in [-0.4, -0.2) is 19.8 Å². The molecule has 0 radical (unpaired) electrons. The number of halogens is 1. The fourth-order valence-corrected chi connectivity index (χ4v) is 2.04. The molecule has 0 amide bonds. The van der Waals surface area contributed by atoms with Gasteiger partial charge >= 0.3 is 0 Å². The van der Waals surface area contributed by atoms with E-state index < -0.39 is 0 Å². The van der Waals surface area contributed by atoms with Gasteiger partial charge < -0.3 is 9.47 Å². The first-order valence-corrected chi connectivity index (χ1v) is 7.44. The van der Waals surface area contributed by atoms with Crippen molar-refractivity contribution in [2.45, 2.75) is 39.5 Å². The zero-order valence-electron chi connectivity index (χ0n) is 11.5. The molecule has 0 unspecified atom stereocenters. The summed E-state index contributed by atoms with van der Waals surface area (Å²) in [5, 5.41) is 0. The lowest BCUT2D eigenvalue weighted by Crippen LogP contribution is -2.08. The summed E-state index contributed by atoms with van der Waals surface area (Å²) < 4.78 is 12.4. The summed E-state index contributed by atoms with van der Waals surface area (Å²) >= 11 is 3.49. The van der Waals surface area contributed by atoms with Gasteiger partial charge in [0.1, 0.15) is 12.4 Å². The normalized spacial score (nSPS) is 10.9. The highest BCUT2D eigenvalue weighted by molar-refractivity contribution is 9.10. The molecule has 0 atom stereocenters. The molecule has 0 spiro atoms. The number of unbranched alkanes of at least 4 members (excludes halogenated alkanes) is 1. The van der Waals surface area contributed by atoms with Gasteiger partial charge in [0.15, 0.2) is 0 Å². The Balaban J connectivity index is 2.42. The van der Waals surface area contributed by atoms with Crippen molar-refractivity contribution in [3.05, 3.63) is 28.2 Å². The summed E-state index contributed by atoms with van der Waals surface area (Å²) in [7, 11) is 0. The van der Waals surface area contributed by atoms with Crippen LogP contribution in [0.4, 0.5) is 0 Å². The zero-order valence-corrected chi connectivity index (χ0v) is 13.1. The van der Waals surface area contributed by atoms with Gasteiger partial charge in [-0.1, -0.05) is 43.1 Å². The molecule has 2 nitrogen and oxygen atoms in total. The predicted molar refractivity (Wildman–Crippen MR) is 79.5 cm³/mol. The highest BCUT2D eigenvalue weighted by atomic mass is 79.9. The standard InChI is InChI=1S/C15H23BrO2/c1-4-5-8-17-9-10-18-15-7-6-13(16)11-14(15)12(2)3/h6-7,11-12H,4-5,8-10H2,1-3H3. The maximum Gasteiger partial charge on any atom is 0.122 e. The molecule has 1 aromatic carbocycles. The van der Waals surface area contributed by atoms with Gasteiger partial charge in [-0.2, -0.15) is 0 Å². The minimum atomic E-state index is 0.457. The van der Waals surface area contributed by atoms with Gasteiger partial charge in [0.25, 0.3) is 0 Å². The van der Waals surface area contributed by atoms with Gasteiger partial charge in [0.2, 0.25) is 0 Å². The lowest BCUT2D eigenvalue weighted by atomic mass is 10.0. The summed E-state index contributed by atoms with van der Waals surface area (Å²) in [5.74, 6) is 1.42. The van der Waals surface area contributed by atoms with Crippen molar-refractivity contribution in [1.82, 2.24) is 0 Å². The Morgan fingerprint density at radius 2 is 1.94 bits per heavy atom. The summed E-state index contributed by atoms with van der Waals surface area (Å²) in [5.41, 5.74) is 1.23. The predicted octanol–water partition coefficient (Wildman–Crippen LogP) is 4.77. The summed E-state index contributed by atoms with van der Waals surface area (Å²) in [6, 6.07) is 6.16. The van der Waals surface area contributed by atoms with Crippen LogP contribution in [0.15, 0.2) is 22.7 Å². The number of ether oxygens (including phenoxy) is 2. The van der Waals surface area contributed by atoms with E-state index in [2.05, 4.69) is 42.8 Å². The van der Waals surface area contributed by atoms with Crippen molar-refractivity contribution in [3.63, 3.8) is 0 Å². The number of benzene rings is 1. The Kier molecular flexibility index (Phi) is 7.36. The van der Waals surface area contributed by atoms with E-state index in [4.69, 9.17) is 9.47 Å². The number of hydrogen-bond donors (Lipinski definition) is 0. The molecule has 1 rings (SSSR count). The van der Waals surface area contributed by atoms with Gasteiger partial charge in [0, 0.05) is 11.1 Å². The second-order valence-electron chi connectivity index (χ2n) is 4.65. The smallest absolute Gasteiger partial charge is 0.122 e. The average Bonchev–Trinajstić information content (AvgIpc) is 2.35. The van der Waals surface area contributed by atoms with Crippen LogP contribution >= 0.6 is 15.9 Å². The molecular weight excluding hydrogens is 292 g/mol. The highest BCUT2D eigenvalue weighted by Gasteiger charge is 2.08. The van der Waals surface area contributed by atoms with E-state index in [1.807, 2.05) is 12.1 Å². The summed E-state index contributed by atoms with van der Waals surface area (Å²) in [6.07, 6.45) is 2.29. The van der Waals surface area contributed by atoms with Crippen LogP contribution in [0.1, 0.15) is 45.1 Å². The Bertz CT molecular complexity index is 350. The number of hydrogen-bond acceptors (Lipinski definition) is 2. The van der Waals surface area contributed by atoms with Crippen LogP contribution in [0, 0.1) is 0 Å². The van der Waals surface area contributed by atoms with Crippen molar-refractivity contribution in [1.29, 1.82) is 0 Å². The third-order valence-corrected chi connectivity index (χ3v) is 3.21. The molecule has 0 aromatic heterocycles. The molecule has 0 N–H and O–H groups in total. The van der Waals surface area contributed by atoms with Gasteiger partial charge in [-0.15, -0.1) is 0 Å². The molecule has 102 valence electrons. The molecule has 3 heteroatoms. The van der Waals surface area contributed by atoms with Gasteiger partial charge in [0.05, 0.1) is 6.61 Å². The summed E-state index contributed by atoms with van der Waals surface area (Å²) in [4.78, 5) is 0. The van der Waals surface area contributed by atoms with Crippen molar-refractivity contribution in [2.24, 2.45) is 0 Å². The van der Waals surface area contributed by atoms with Crippen molar-refractivity contribution >= 4 is 15.9 Å². The second kappa shape index (κ2) is 8.54. The molecule has 0 fully saturated rings. The van der Waals surface area contributed by atoms with E-state index in [1.165, 1.54) is 12.0 Å². The molecule has 0 saturated carbocycles. The molecule has 0 aliphatic carbocycles. The van der Waals surface area contributed by atoms with E-state index in [9.17, 15) is 0 Å². The van der Waals surface area contributed by atoms with Crippen molar-refractivity contribution in [2.75, 3.05) is 19.8 Å². The van der Waals surface area contributed by atoms with E-state index in [1.54, 1.807) is 0 Å². The first-order valence-electron chi connectivity index (χ1n) is 6.65. The van der Waals surface area contributed by atoms with Crippen LogP contribution in [-0.2, 0) is 4.74 Å². The van der Waals surface area contributed by atoms with Crippen molar-refractivity contribution in [3.8, 4) is 5.75 Å². The first kappa shape index (κ1) is 15.5. The molecule has 18 heavy (non-hydrogen) atoms. The largest absolute Gasteiger partial charge is 0.491 e. The Morgan fingerprint density at radius 3 is 2.61 bits per heavy atom. The molecule has 1 aromatic rings. The minimum absolute atomic E-state index is 0.457. The quantitative estimate of drug-likeness (QED) is 0.644. The van der Waals surface area contributed by atoms with Crippen LogP contribution in [0.2, 0.25) is 0 Å². The third kappa shape index (κ3) is 5.40. The molecule has 0 saturated heterocycles. The van der Waals surface area contributed by atoms with Gasteiger partial charge in [-0.05, 0) is 36.1 Å². The SMILES string of the molecule is CCCCOCCOc1ccc(Br)cc1C(C)C. The molecule has 0 heterocycles. The monoisotopic (exact) mass is 314 g/mol.